The summed E-state index contributed by atoms with van der Waals surface area (Å²) in [7, 11) is 0. The van der Waals surface area contributed by atoms with Crippen molar-refractivity contribution in [1.29, 1.82) is 0 Å². The van der Waals surface area contributed by atoms with E-state index in [4.69, 9.17) is 5.11 Å². The van der Waals surface area contributed by atoms with Gasteiger partial charge in [-0.25, -0.2) is 0 Å². The Kier molecular flexibility index (Phi) is 6.82. The fourth-order valence-corrected chi connectivity index (χ4v) is 2.42. The highest BCUT2D eigenvalue weighted by molar-refractivity contribution is 5.54. The fourth-order valence-electron chi connectivity index (χ4n) is 2.42. The summed E-state index contributed by atoms with van der Waals surface area (Å²) in [5.74, 6) is 0.325. The second kappa shape index (κ2) is 8.12. The van der Waals surface area contributed by atoms with Gasteiger partial charge in [0.2, 0.25) is 0 Å². The lowest BCUT2D eigenvalue weighted by molar-refractivity contribution is 0.288. The highest BCUT2D eigenvalue weighted by Crippen LogP contribution is 2.30. The number of hydrogen-bond acceptors (Lipinski definition) is 4. The van der Waals surface area contributed by atoms with Crippen molar-refractivity contribution in [2.75, 3.05) is 24.6 Å². The maximum Gasteiger partial charge on any atom is 0.122 e. The molecule has 0 radical (unpaired) electrons. The van der Waals surface area contributed by atoms with E-state index in [0.717, 1.165) is 30.8 Å². The monoisotopic (exact) mass is 280 g/mol. The van der Waals surface area contributed by atoms with Crippen LogP contribution >= 0.6 is 0 Å². The van der Waals surface area contributed by atoms with Crippen LogP contribution < -0.4 is 10.2 Å². The zero-order valence-electron chi connectivity index (χ0n) is 13.1. The van der Waals surface area contributed by atoms with E-state index in [0.29, 0.717) is 11.8 Å². The van der Waals surface area contributed by atoms with Crippen molar-refractivity contribution >= 4 is 5.69 Å². The Morgan fingerprint density at radius 1 is 1.25 bits per heavy atom. The number of phenols is 1. The molecule has 0 bridgehead atoms. The van der Waals surface area contributed by atoms with Crippen LogP contribution in [0.1, 0.15) is 45.7 Å². The summed E-state index contributed by atoms with van der Waals surface area (Å²) in [6.45, 7) is 10.2. The third-order valence-electron chi connectivity index (χ3n) is 3.50. The zero-order chi connectivity index (χ0) is 15.1. The molecule has 0 heterocycles. The second-order valence-electron chi connectivity index (χ2n) is 5.39. The van der Waals surface area contributed by atoms with Crippen LogP contribution in [0.3, 0.4) is 0 Å². The minimum atomic E-state index is 0.138. The summed E-state index contributed by atoms with van der Waals surface area (Å²) in [6, 6.07) is 6.31. The van der Waals surface area contributed by atoms with Crippen LogP contribution in [0, 0.1) is 0 Å². The number of aliphatic hydroxyl groups excluding tert-OH is 1. The number of aliphatic hydroxyl groups is 1. The Labute approximate surface area is 122 Å². The first kappa shape index (κ1) is 16.8. The van der Waals surface area contributed by atoms with Crippen molar-refractivity contribution in [2.24, 2.45) is 0 Å². The fraction of sp³-hybridized carbons (Fsp3) is 0.625. The maximum absolute atomic E-state index is 10.2. The first-order valence-electron chi connectivity index (χ1n) is 7.45. The number of aromatic hydroxyl groups is 1. The zero-order valence-corrected chi connectivity index (χ0v) is 13.1. The molecule has 0 saturated heterocycles. The Balaban J connectivity index is 2.93. The predicted molar refractivity (Wildman–Crippen MR) is 84.4 cm³/mol. The van der Waals surface area contributed by atoms with Gasteiger partial charge in [0.25, 0.3) is 0 Å². The number of anilines is 1. The Hall–Kier alpha value is -1.26. The minimum absolute atomic E-state index is 0.138. The first-order valence-corrected chi connectivity index (χ1v) is 7.45. The second-order valence-corrected chi connectivity index (χ2v) is 5.39. The highest BCUT2D eigenvalue weighted by atomic mass is 16.3. The number of hydrogen-bond donors (Lipinski definition) is 3. The molecule has 1 atom stereocenters. The van der Waals surface area contributed by atoms with Gasteiger partial charge in [0.05, 0.1) is 0 Å². The SMILES string of the molecule is CCNC(C)c1ccc(N(CCCO)C(C)C)cc1O. The Morgan fingerprint density at radius 2 is 1.95 bits per heavy atom. The summed E-state index contributed by atoms with van der Waals surface area (Å²) < 4.78 is 0. The van der Waals surface area contributed by atoms with E-state index in [9.17, 15) is 5.11 Å². The smallest absolute Gasteiger partial charge is 0.122 e. The third kappa shape index (κ3) is 4.39. The number of nitrogens with zero attached hydrogens (tertiary/aromatic N) is 1. The van der Waals surface area contributed by atoms with Crippen molar-refractivity contribution in [3.05, 3.63) is 23.8 Å². The van der Waals surface area contributed by atoms with E-state index in [1.54, 1.807) is 0 Å². The number of benzene rings is 1. The van der Waals surface area contributed by atoms with Crippen LogP contribution in [0.25, 0.3) is 0 Å². The van der Waals surface area contributed by atoms with Gasteiger partial charge in [-0.1, -0.05) is 13.0 Å². The van der Waals surface area contributed by atoms with Crippen molar-refractivity contribution in [2.45, 2.75) is 46.2 Å². The van der Waals surface area contributed by atoms with Crippen LogP contribution in [-0.2, 0) is 0 Å². The van der Waals surface area contributed by atoms with Crippen molar-refractivity contribution in [3.63, 3.8) is 0 Å². The summed E-state index contributed by atoms with van der Waals surface area (Å²) in [6.07, 6.45) is 0.731. The first-order chi connectivity index (χ1) is 9.51. The van der Waals surface area contributed by atoms with Gasteiger partial charge in [-0.3, -0.25) is 0 Å². The molecule has 0 saturated carbocycles. The van der Waals surface area contributed by atoms with E-state index in [1.165, 1.54) is 0 Å². The van der Waals surface area contributed by atoms with Gasteiger partial charge in [-0.2, -0.15) is 0 Å². The molecule has 20 heavy (non-hydrogen) atoms. The number of phenolic OH excluding ortho intramolecular Hbond substituents is 1. The molecule has 1 aromatic carbocycles. The topological polar surface area (TPSA) is 55.7 Å². The van der Waals surface area contributed by atoms with Gasteiger partial charge >= 0.3 is 0 Å². The predicted octanol–water partition coefficient (Wildman–Crippen LogP) is 2.66. The van der Waals surface area contributed by atoms with Crippen molar-refractivity contribution in [3.8, 4) is 5.75 Å². The van der Waals surface area contributed by atoms with Crippen LogP contribution in [0.4, 0.5) is 5.69 Å². The standard InChI is InChI=1S/C16H28N2O2/c1-5-17-13(4)15-8-7-14(11-16(15)20)18(12(2)3)9-6-10-19/h7-8,11-13,17,19-20H,5-6,9-10H2,1-4H3. The van der Waals surface area contributed by atoms with E-state index < -0.39 is 0 Å². The van der Waals surface area contributed by atoms with Crippen molar-refractivity contribution < 1.29 is 10.2 Å². The quantitative estimate of drug-likeness (QED) is 0.685. The summed E-state index contributed by atoms with van der Waals surface area (Å²) >= 11 is 0. The van der Waals surface area contributed by atoms with Gasteiger partial charge in [-0.05, 0) is 39.8 Å². The average Bonchev–Trinajstić information content (AvgIpc) is 2.39. The molecule has 0 amide bonds. The van der Waals surface area contributed by atoms with Gasteiger partial charge in [0.1, 0.15) is 5.75 Å². The van der Waals surface area contributed by atoms with E-state index >= 15 is 0 Å². The molecule has 114 valence electrons. The lowest BCUT2D eigenvalue weighted by atomic mass is 10.1. The van der Waals surface area contributed by atoms with E-state index in [1.807, 2.05) is 25.1 Å². The molecule has 3 N–H and O–H groups in total. The molecular weight excluding hydrogens is 252 g/mol. The van der Waals surface area contributed by atoms with Crippen LogP contribution in [0.2, 0.25) is 0 Å². The van der Waals surface area contributed by atoms with Gasteiger partial charge < -0.3 is 20.4 Å². The molecule has 4 nitrogen and oxygen atoms in total. The summed E-state index contributed by atoms with van der Waals surface area (Å²) in [4.78, 5) is 2.19. The van der Waals surface area contributed by atoms with Crippen LogP contribution in [0.5, 0.6) is 5.75 Å². The molecule has 1 unspecified atom stereocenters. The molecular formula is C16H28N2O2. The molecule has 0 fully saturated rings. The average molecular weight is 280 g/mol. The van der Waals surface area contributed by atoms with Gasteiger partial charge in [0, 0.05) is 42.6 Å². The molecule has 0 spiro atoms. The molecule has 0 aliphatic carbocycles. The Morgan fingerprint density at radius 3 is 2.45 bits per heavy atom. The minimum Gasteiger partial charge on any atom is -0.508 e. The molecule has 0 aliphatic heterocycles. The lowest BCUT2D eigenvalue weighted by Gasteiger charge is -2.29. The highest BCUT2D eigenvalue weighted by Gasteiger charge is 2.14. The molecule has 0 aliphatic rings. The lowest BCUT2D eigenvalue weighted by Crippen LogP contribution is -2.32. The maximum atomic E-state index is 10.2. The number of nitrogens with one attached hydrogen (secondary N) is 1. The van der Waals surface area contributed by atoms with E-state index in [2.05, 4.69) is 31.0 Å². The number of rotatable bonds is 8. The van der Waals surface area contributed by atoms with Gasteiger partial charge in [-0.15, -0.1) is 0 Å². The van der Waals surface area contributed by atoms with E-state index in [-0.39, 0.29) is 12.6 Å². The van der Waals surface area contributed by atoms with Gasteiger partial charge in [0.15, 0.2) is 0 Å². The summed E-state index contributed by atoms with van der Waals surface area (Å²) in [5.41, 5.74) is 1.92. The molecule has 1 aromatic rings. The Bertz CT molecular complexity index is 407. The van der Waals surface area contributed by atoms with Crippen LogP contribution in [-0.4, -0.2) is 36.0 Å². The van der Waals surface area contributed by atoms with Crippen LogP contribution in [0.15, 0.2) is 18.2 Å². The van der Waals surface area contributed by atoms with Crippen molar-refractivity contribution in [1.82, 2.24) is 5.32 Å². The largest absolute Gasteiger partial charge is 0.508 e. The molecule has 1 rings (SSSR count). The normalized spacial score (nSPS) is 12.7. The third-order valence-corrected chi connectivity index (χ3v) is 3.50. The summed E-state index contributed by atoms with van der Waals surface area (Å²) in [5, 5.41) is 22.5. The molecule has 0 aromatic heterocycles. The molecule has 4 heteroatoms.